The molecule has 1 aromatic rings. The third-order valence-corrected chi connectivity index (χ3v) is 3.48. The molecule has 7 heteroatoms. The van der Waals surface area contributed by atoms with E-state index in [0.29, 0.717) is 0 Å². The zero-order valence-corrected chi connectivity index (χ0v) is 11.9. The molecule has 0 spiro atoms. The number of nitro benzene ring substituents is 1. The van der Waals surface area contributed by atoms with Crippen molar-refractivity contribution in [2.24, 2.45) is 0 Å². The van der Waals surface area contributed by atoms with Crippen molar-refractivity contribution in [2.45, 2.75) is 19.4 Å². The first-order valence-electron chi connectivity index (χ1n) is 5.19. The van der Waals surface area contributed by atoms with Crippen LogP contribution in [-0.4, -0.2) is 29.2 Å². The van der Waals surface area contributed by atoms with Gasteiger partial charge < -0.3 is 10.0 Å². The van der Waals surface area contributed by atoms with Gasteiger partial charge in [-0.05, 0) is 35.8 Å². The number of benzene rings is 1. The minimum absolute atomic E-state index is 0.142. The van der Waals surface area contributed by atoms with Gasteiger partial charge in [0.1, 0.15) is 11.5 Å². The van der Waals surface area contributed by atoms with Crippen molar-refractivity contribution in [3.05, 3.63) is 32.5 Å². The van der Waals surface area contributed by atoms with E-state index in [1.165, 1.54) is 6.07 Å². The molecule has 100 valence electrons. The molecule has 5 nitrogen and oxygen atoms in total. The quantitative estimate of drug-likeness (QED) is 0.684. The Kier molecular flexibility index (Phi) is 4.28. The van der Waals surface area contributed by atoms with Crippen LogP contribution in [0.5, 0.6) is 0 Å². The molecule has 18 heavy (non-hydrogen) atoms. The number of likely N-dealkylation sites (N-methyl/N-ethyl adjacent to an activating group) is 1. The monoisotopic (exact) mass is 320 g/mol. The molecule has 1 rings (SSSR count). The van der Waals surface area contributed by atoms with Gasteiger partial charge in [-0.2, -0.15) is 0 Å². The van der Waals surface area contributed by atoms with Crippen LogP contribution in [0, 0.1) is 15.9 Å². The lowest BCUT2D eigenvalue weighted by molar-refractivity contribution is -0.384. The second-order valence-corrected chi connectivity index (χ2v) is 5.40. The molecule has 1 aromatic carbocycles. The minimum Gasteiger partial charge on any atom is -0.394 e. The molecule has 0 saturated carbocycles. The number of hydrogen-bond acceptors (Lipinski definition) is 4. The summed E-state index contributed by atoms with van der Waals surface area (Å²) in [5.41, 5.74) is -0.783. The maximum absolute atomic E-state index is 13.3. The van der Waals surface area contributed by atoms with Gasteiger partial charge in [0.05, 0.1) is 27.6 Å². The molecule has 0 bridgehead atoms. The summed E-state index contributed by atoms with van der Waals surface area (Å²) in [5.74, 6) is -0.694. The standard InChI is InChI=1S/C11H14BrFN2O3/c1-11(2,6-16)14(3)9-4-7(12)8(13)5-10(9)15(17)18/h4-5,16H,6H2,1-3H3. The number of anilines is 1. The van der Waals surface area contributed by atoms with Crippen LogP contribution < -0.4 is 4.90 Å². The number of halogens is 2. The van der Waals surface area contributed by atoms with E-state index in [9.17, 15) is 19.6 Å². The molecule has 0 heterocycles. The third kappa shape index (κ3) is 2.78. The van der Waals surface area contributed by atoms with Gasteiger partial charge in [0.25, 0.3) is 5.69 Å². The summed E-state index contributed by atoms with van der Waals surface area (Å²) >= 11 is 3.00. The zero-order valence-electron chi connectivity index (χ0n) is 10.3. The van der Waals surface area contributed by atoms with Crippen molar-refractivity contribution in [2.75, 3.05) is 18.6 Å². The van der Waals surface area contributed by atoms with Crippen LogP contribution in [0.2, 0.25) is 0 Å². The molecule has 0 fully saturated rings. The summed E-state index contributed by atoms with van der Waals surface area (Å²) < 4.78 is 13.5. The molecule has 0 aromatic heterocycles. The maximum atomic E-state index is 13.3. The Morgan fingerprint density at radius 1 is 1.56 bits per heavy atom. The summed E-state index contributed by atoms with van der Waals surface area (Å²) in [4.78, 5) is 11.8. The van der Waals surface area contributed by atoms with Crippen molar-refractivity contribution in [3.8, 4) is 0 Å². The summed E-state index contributed by atoms with van der Waals surface area (Å²) in [6, 6.07) is 2.20. The number of aliphatic hydroxyl groups is 1. The van der Waals surface area contributed by atoms with E-state index in [2.05, 4.69) is 15.9 Å². The van der Waals surface area contributed by atoms with Gasteiger partial charge >= 0.3 is 0 Å². The SMILES string of the molecule is CN(c1cc(Br)c(F)cc1[N+](=O)[O-])C(C)(C)CO. The summed E-state index contributed by atoms with van der Waals surface area (Å²) in [5, 5.41) is 20.2. The van der Waals surface area contributed by atoms with Crippen LogP contribution in [0.25, 0.3) is 0 Å². The number of aliphatic hydroxyl groups excluding tert-OH is 1. The Balaban J connectivity index is 3.39. The largest absolute Gasteiger partial charge is 0.394 e. The molecule has 0 aliphatic rings. The summed E-state index contributed by atoms with van der Waals surface area (Å²) in [6.07, 6.45) is 0. The van der Waals surface area contributed by atoms with Crippen LogP contribution in [0.3, 0.4) is 0 Å². The van der Waals surface area contributed by atoms with Crippen LogP contribution in [0.4, 0.5) is 15.8 Å². The molecule has 0 saturated heterocycles. The first-order chi connectivity index (χ1) is 8.20. The fourth-order valence-electron chi connectivity index (χ4n) is 1.37. The van der Waals surface area contributed by atoms with E-state index >= 15 is 0 Å². The first-order valence-corrected chi connectivity index (χ1v) is 5.98. The Labute approximate surface area is 112 Å². The molecule has 1 N–H and O–H groups in total. The van der Waals surface area contributed by atoms with Gasteiger partial charge in [0.2, 0.25) is 0 Å². The smallest absolute Gasteiger partial charge is 0.295 e. The molecular weight excluding hydrogens is 307 g/mol. The first kappa shape index (κ1) is 14.8. The Bertz CT molecular complexity index is 480. The van der Waals surface area contributed by atoms with Crippen LogP contribution in [0.1, 0.15) is 13.8 Å². The predicted octanol–water partition coefficient (Wildman–Crippen LogP) is 2.70. The zero-order chi connectivity index (χ0) is 14.1. The van der Waals surface area contributed by atoms with E-state index in [4.69, 9.17) is 0 Å². The highest BCUT2D eigenvalue weighted by atomic mass is 79.9. The van der Waals surface area contributed by atoms with Crippen molar-refractivity contribution >= 4 is 27.3 Å². The van der Waals surface area contributed by atoms with Gasteiger partial charge in [0.15, 0.2) is 0 Å². The van der Waals surface area contributed by atoms with Crippen LogP contribution in [0.15, 0.2) is 16.6 Å². The number of rotatable bonds is 4. The van der Waals surface area contributed by atoms with Crippen molar-refractivity contribution < 1.29 is 14.4 Å². The second kappa shape index (κ2) is 5.19. The van der Waals surface area contributed by atoms with Crippen molar-refractivity contribution in [1.29, 1.82) is 0 Å². The number of nitro groups is 1. The maximum Gasteiger partial charge on any atom is 0.295 e. The van der Waals surface area contributed by atoms with E-state index in [1.54, 1.807) is 25.8 Å². The van der Waals surface area contributed by atoms with Crippen molar-refractivity contribution in [3.63, 3.8) is 0 Å². The van der Waals surface area contributed by atoms with Gasteiger partial charge in [-0.3, -0.25) is 10.1 Å². The van der Waals surface area contributed by atoms with Gasteiger partial charge in [-0.15, -0.1) is 0 Å². The molecule has 0 amide bonds. The predicted molar refractivity (Wildman–Crippen MR) is 70.3 cm³/mol. The Morgan fingerprint density at radius 2 is 2.11 bits per heavy atom. The second-order valence-electron chi connectivity index (χ2n) is 4.54. The average Bonchev–Trinajstić information content (AvgIpc) is 2.30. The average molecular weight is 321 g/mol. The van der Waals surface area contributed by atoms with Gasteiger partial charge in [0, 0.05) is 7.05 Å². The normalized spacial score (nSPS) is 11.4. The van der Waals surface area contributed by atoms with E-state index in [-0.39, 0.29) is 22.5 Å². The molecule has 0 radical (unpaired) electrons. The lowest BCUT2D eigenvalue weighted by atomic mass is 10.0. The van der Waals surface area contributed by atoms with Gasteiger partial charge in [-0.25, -0.2) is 4.39 Å². The molecule has 0 aliphatic carbocycles. The molecular formula is C11H14BrFN2O3. The lowest BCUT2D eigenvalue weighted by Gasteiger charge is -2.35. The lowest BCUT2D eigenvalue weighted by Crippen LogP contribution is -2.44. The number of nitrogens with zero attached hydrogens (tertiary/aromatic N) is 2. The highest BCUT2D eigenvalue weighted by molar-refractivity contribution is 9.10. The molecule has 0 aliphatic heterocycles. The third-order valence-electron chi connectivity index (χ3n) is 2.87. The minimum atomic E-state index is -0.694. The van der Waals surface area contributed by atoms with Crippen molar-refractivity contribution in [1.82, 2.24) is 0 Å². The Hall–Kier alpha value is -1.21. The fourth-order valence-corrected chi connectivity index (χ4v) is 1.70. The van der Waals surface area contributed by atoms with Crippen LogP contribution >= 0.6 is 15.9 Å². The highest BCUT2D eigenvalue weighted by Gasteiger charge is 2.29. The van der Waals surface area contributed by atoms with Crippen LogP contribution in [-0.2, 0) is 0 Å². The molecule has 0 unspecified atom stereocenters. The highest BCUT2D eigenvalue weighted by Crippen LogP contribution is 2.35. The van der Waals surface area contributed by atoms with E-state index in [0.717, 1.165) is 6.07 Å². The topological polar surface area (TPSA) is 66.6 Å². The Morgan fingerprint density at radius 3 is 2.56 bits per heavy atom. The molecule has 0 atom stereocenters. The van der Waals surface area contributed by atoms with Gasteiger partial charge in [-0.1, -0.05) is 0 Å². The fraction of sp³-hybridized carbons (Fsp3) is 0.455. The summed E-state index contributed by atoms with van der Waals surface area (Å²) in [6.45, 7) is 3.28. The van der Waals surface area contributed by atoms with E-state index < -0.39 is 16.3 Å². The summed E-state index contributed by atoms with van der Waals surface area (Å²) in [7, 11) is 1.61. The van der Waals surface area contributed by atoms with E-state index in [1.807, 2.05) is 0 Å². The number of hydrogen-bond donors (Lipinski definition) is 1.